The summed E-state index contributed by atoms with van der Waals surface area (Å²) in [5, 5.41) is 13.8. The van der Waals surface area contributed by atoms with Gasteiger partial charge < -0.3 is 19.5 Å². The standard InChI is InChI=1S/C16H16N2O6/c1-22-11-6-4-10(5-7-11)17-16(19)12-8-14(23-2)15(24-3)9-13(12)18(20)21/h4-9H,1-3H3,(H,17,19). The van der Waals surface area contributed by atoms with Gasteiger partial charge in [0.05, 0.1) is 32.3 Å². The molecule has 0 radical (unpaired) electrons. The number of nitrogens with one attached hydrogen (secondary N) is 1. The Bertz CT molecular complexity index is 758. The summed E-state index contributed by atoms with van der Waals surface area (Å²) < 4.78 is 15.2. The quantitative estimate of drug-likeness (QED) is 0.645. The van der Waals surface area contributed by atoms with Gasteiger partial charge >= 0.3 is 0 Å². The van der Waals surface area contributed by atoms with Gasteiger partial charge in [-0.25, -0.2) is 0 Å². The van der Waals surface area contributed by atoms with E-state index in [0.717, 1.165) is 6.07 Å². The van der Waals surface area contributed by atoms with Crippen molar-refractivity contribution in [3.8, 4) is 17.2 Å². The van der Waals surface area contributed by atoms with Gasteiger partial charge in [0.25, 0.3) is 11.6 Å². The van der Waals surface area contributed by atoms with Crippen molar-refractivity contribution in [1.29, 1.82) is 0 Å². The number of amides is 1. The van der Waals surface area contributed by atoms with Crippen LogP contribution in [0.5, 0.6) is 17.2 Å². The number of nitro groups is 1. The maximum absolute atomic E-state index is 12.4. The largest absolute Gasteiger partial charge is 0.497 e. The molecule has 0 unspecified atom stereocenters. The van der Waals surface area contributed by atoms with E-state index < -0.39 is 10.8 Å². The van der Waals surface area contributed by atoms with Gasteiger partial charge in [-0.15, -0.1) is 0 Å². The highest BCUT2D eigenvalue weighted by atomic mass is 16.6. The van der Waals surface area contributed by atoms with Crippen molar-refractivity contribution >= 4 is 17.3 Å². The van der Waals surface area contributed by atoms with Gasteiger partial charge in [-0.3, -0.25) is 14.9 Å². The van der Waals surface area contributed by atoms with Crippen LogP contribution < -0.4 is 19.5 Å². The lowest BCUT2D eigenvalue weighted by Crippen LogP contribution is -2.14. The molecule has 0 saturated heterocycles. The summed E-state index contributed by atoms with van der Waals surface area (Å²) in [5.74, 6) is 0.395. The predicted octanol–water partition coefficient (Wildman–Crippen LogP) is 2.87. The number of hydrogen-bond acceptors (Lipinski definition) is 6. The topological polar surface area (TPSA) is 99.9 Å². The lowest BCUT2D eigenvalue weighted by atomic mass is 10.1. The lowest BCUT2D eigenvalue weighted by molar-refractivity contribution is -0.385. The number of benzene rings is 2. The van der Waals surface area contributed by atoms with Gasteiger partial charge in [-0.2, -0.15) is 0 Å². The predicted molar refractivity (Wildman–Crippen MR) is 87.1 cm³/mol. The number of carbonyl (C=O) groups is 1. The first-order valence-corrected chi connectivity index (χ1v) is 6.86. The molecule has 0 aliphatic heterocycles. The zero-order valence-corrected chi connectivity index (χ0v) is 13.4. The second kappa shape index (κ2) is 7.32. The number of hydrogen-bond donors (Lipinski definition) is 1. The molecule has 8 nitrogen and oxygen atoms in total. The number of nitrogens with zero attached hydrogens (tertiary/aromatic N) is 1. The van der Waals surface area contributed by atoms with Gasteiger partial charge in [-0.05, 0) is 24.3 Å². The number of rotatable bonds is 6. The van der Waals surface area contributed by atoms with Crippen molar-refractivity contribution in [3.63, 3.8) is 0 Å². The summed E-state index contributed by atoms with van der Waals surface area (Å²) in [6.07, 6.45) is 0. The minimum Gasteiger partial charge on any atom is -0.497 e. The average molecular weight is 332 g/mol. The number of methoxy groups -OCH3 is 3. The van der Waals surface area contributed by atoms with Crippen molar-refractivity contribution in [3.05, 3.63) is 52.1 Å². The molecule has 0 atom stereocenters. The maximum atomic E-state index is 12.4. The van der Waals surface area contributed by atoms with Crippen LogP contribution in [0.4, 0.5) is 11.4 Å². The van der Waals surface area contributed by atoms with Gasteiger partial charge in [0, 0.05) is 11.8 Å². The van der Waals surface area contributed by atoms with E-state index in [1.54, 1.807) is 24.3 Å². The lowest BCUT2D eigenvalue weighted by Gasteiger charge is -2.11. The van der Waals surface area contributed by atoms with Gasteiger partial charge in [-0.1, -0.05) is 0 Å². The molecular weight excluding hydrogens is 316 g/mol. The van der Waals surface area contributed by atoms with E-state index in [1.165, 1.54) is 27.4 Å². The average Bonchev–Trinajstić information content (AvgIpc) is 2.60. The van der Waals surface area contributed by atoms with Gasteiger partial charge in [0.2, 0.25) is 0 Å². The summed E-state index contributed by atoms with van der Waals surface area (Å²) in [7, 11) is 4.27. The molecule has 0 spiro atoms. The van der Waals surface area contributed by atoms with Gasteiger partial charge in [0.15, 0.2) is 11.5 Å². The minimum atomic E-state index is -0.648. The first-order valence-electron chi connectivity index (χ1n) is 6.86. The Morgan fingerprint density at radius 2 is 1.58 bits per heavy atom. The monoisotopic (exact) mass is 332 g/mol. The first kappa shape index (κ1) is 17.1. The van der Waals surface area contributed by atoms with E-state index in [9.17, 15) is 14.9 Å². The van der Waals surface area contributed by atoms with E-state index >= 15 is 0 Å². The molecule has 1 amide bonds. The Hall–Kier alpha value is -3.29. The van der Waals surface area contributed by atoms with Gasteiger partial charge in [0.1, 0.15) is 11.3 Å². The first-order chi connectivity index (χ1) is 11.5. The molecule has 0 aromatic heterocycles. The SMILES string of the molecule is COc1ccc(NC(=O)c2cc(OC)c(OC)cc2[N+](=O)[O-])cc1. The third-order valence-electron chi connectivity index (χ3n) is 3.29. The van der Waals surface area contributed by atoms with Crippen molar-refractivity contribution in [2.24, 2.45) is 0 Å². The molecule has 1 N–H and O–H groups in total. The third-order valence-corrected chi connectivity index (χ3v) is 3.29. The molecule has 2 aromatic carbocycles. The summed E-state index contributed by atoms with van der Waals surface area (Å²) in [5.41, 5.74) is -0.0305. The molecule has 24 heavy (non-hydrogen) atoms. The zero-order valence-electron chi connectivity index (χ0n) is 13.4. The second-order valence-corrected chi connectivity index (χ2v) is 4.66. The minimum absolute atomic E-state index is 0.131. The smallest absolute Gasteiger partial charge is 0.286 e. The summed E-state index contributed by atoms with van der Waals surface area (Å²) in [6, 6.07) is 9.02. The maximum Gasteiger partial charge on any atom is 0.286 e. The fraction of sp³-hybridized carbons (Fsp3) is 0.188. The molecule has 8 heteroatoms. The van der Waals surface area contributed by atoms with Crippen molar-refractivity contribution in [2.45, 2.75) is 0 Å². The van der Waals surface area contributed by atoms with Crippen molar-refractivity contribution in [1.82, 2.24) is 0 Å². The van der Waals surface area contributed by atoms with E-state index in [4.69, 9.17) is 14.2 Å². The molecule has 2 aromatic rings. The number of anilines is 1. The number of ether oxygens (including phenoxy) is 3. The Labute approximate surface area is 138 Å². The number of nitro benzene ring substituents is 1. The fourth-order valence-corrected chi connectivity index (χ4v) is 2.07. The molecule has 0 saturated carbocycles. The second-order valence-electron chi connectivity index (χ2n) is 4.66. The van der Waals surface area contributed by atoms with Crippen LogP contribution in [0.2, 0.25) is 0 Å². The third kappa shape index (κ3) is 3.54. The molecule has 2 rings (SSSR count). The van der Waals surface area contributed by atoms with Crippen LogP contribution in [0.1, 0.15) is 10.4 Å². The molecule has 0 heterocycles. The Morgan fingerprint density at radius 1 is 1.00 bits per heavy atom. The van der Waals surface area contributed by atoms with E-state index in [2.05, 4.69) is 5.32 Å². The zero-order chi connectivity index (χ0) is 17.7. The summed E-state index contributed by atoms with van der Waals surface area (Å²) in [4.78, 5) is 23.0. The van der Waals surface area contributed by atoms with Crippen LogP contribution in [-0.2, 0) is 0 Å². The highest BCUT2D eigenvalue weighted by Gasteiger charge is 2.24. The Kier molecular flexibility index (Phi) is 5.20. The normalized spacial score (nSPS) is 9.96. The molecule has 0 bridgehead atoms. The molecule has 0 aliphatic carbocycles. The van der Waals surface area contributed by atoms with E-state index in [1.807, 2.05) is 0 Å². The van der Waals surface area contributed by atoms with Crippen LogP contribution in [0.3, 0.4) is 0 Å². The highest BCUT2D eigenvalue weighted by Crippen LogP contribution is 2.34. The molecule has 0 fully saturated rings. The van der Waals surface area contributed by atoms with Crippen LogP contribution in [0, 0.1) is 10.1 Å². The molecule has 126 valence electrons. The summed E-state index contributed by atoms with van der Waals surface area (Å²) in [6.45, 7) is 0. The van der Waals surface area contributed by atoms with E-state index in [-0.39, 0.29) is 22.7 Å². The van der Waals surface area contributed by atoms with Crippen LogP contribution >= 0.6 is 0 Å². The highest BCUT2D eigenvalue weighted by molar-refractivity contribution is 6.07. The molecule has 0 aliphatic rings. The van der Waals surface area contributed by atoms with Crippen LogP contribution in [0.15, 0.2) is 36.4 Å². The van der Waals surface area contributed by atoms with Crippen LogP contribution in [0.25, 0.3) is 0 Å². The Morgan fingerprint density at radius 3 is 2.08 bits per heavy atom. The number of carbonyl (C=O) groups excluding carboxylic acids is 1. The van der Waals surface area contributed by atoms with E-state index in [0.29, 0.717) is 11.4 Å². The van der Waals surface area contributed by atoms with Crippen molar-refractivity contribution in [2.75, 3.05) is 26.6 Å². The fourth-order valence-electron chi connectivity index (χ4n) is 2.07. The van der Waals surface area contributed by atoms with Crippen LogP contribution in [-0.4, -0.2) is 32.2 Å². The Balaban J connectivity index is 2.37. The summed E-state index contributed by atoms with van der Waals surface area (Å²) >= 11 is 0. The molecular formula is C16H16N2O6. The van der Waals surface area contributed by atoms with Crippen molar-refractivity contribution < 1.29 is 23.9 Å².